The van der Waals surface area contributed by atoms with Crippen molar-refractivity contribution in [3.05, 3.63) is 0 Å². The van der Waals surface area contributed by atoms with Gasteiger partial charge in [0.15, 0.2) is 0 Å². The highest BCUT2D eigenvalue weighted by Gasteiger charge is 2.37. The topological polar surface area (TPSA) is 111 Å². The Bertz CT molecular complexity index is 541. The average molecular weight is 407 g/mol. The molecule has 0 saturated heterocycles. The normalized spacial score (nSPS) is 13.6. The van der Waals surface area contributed by atoms with Crippen LogP contribution in [-0.2, 0) is 33.3 Å². The molecule has 0 unspecified atom stereocenters. The Morgan fingerprint density at radius 1 is 0.875 bits per heavy atom. The largest absolute Gasteiger partial charge is 0.500 e. The highest BCUT2D eigenvalue weighted by atomic mass is 32.2. The van der Waals surface area contributed by atoms with Gasteiger partial charge < -0.3 is 13.3 Å². The third-order valence-corrected chi connectivity index (χ3v) is 8.35. The van der Waals surface area contributed by atoms with E-state index in [1.54, 1.807) is 0 Å². The van der Waals surface area contributed by atoms with Gasteiger partial charge in [0, 0.05) is 47.0 Å². The Labute approximate surface area is 147 Å². The molecule has 0 amide bonds. The molecule has 0 radical (unpaired) electrons. The highest BCUT2D eigenvalue weighted by Crippen LogP contribution is 2.16. The van der Waals surface area contributed by atoms with E-state index in [9.17, 15) is 16.8 Å². The minimum absolute atomic E-state index is 0.295. The van der Waals surface area contributed by atoms with Crippen LogP contribution in [0.3, 0.4) is 0 Å². The van der Waals surface area contributed by atoms with Crippen LogP contribution in [0.15, 0.2) is 0 Å². The van der Waals surface area contributed by atoms with Crippen LogP contribution in [0.2, 0.25) is 6.04 Å². The van der Waals surface area contributed by atoms with Crippen molar-refractivity contribution >= 4 is 28.9 Å². The molecule has 0 bridgehead atoms. The lowest BCUT2D eigenvalue weighted by molar-refractivity contribution is 0.122. The van der Waals surface area contributed by atoms with E-state index in [0.29, 0.717) is 44.9 Å². The fourth-order valence-electron chi connectivity index (χ4n) is 2.14. The van der Waals surface area contributed by atoms with Crippen LogP contribution in [0, 0.1) is 0 Å². The Morgan fingerprint density at radius 3 is 1.79 bits per heavy atom. The van der Waals surface area contributed by atoms with Crippen LogP contribution >= 0.6 is 0 Å². The molecule has 146 valence electrons. The summed E-state index contributed by atoms with van der Waals surface area (Å²) < 4.78 is 65.3. The maximum Gasteiger partial charge on any atom is 0.500 e. The van der Waals surface area contributed by atoms with E-state index in [-0.39, 0.29) is 0 Å². The fourth-order valence-corrected chi connectivity index (χ4v) is 5.28. The maximum atomic E-state index is 11.9. The summed E-state index contributed by atoms with van der Waals surface area (Å²) in [6, 6.07) is 0.512. The van der Waals surface area contributed by atoms with E-state index in [4.69, 9.17) is 13.3 Å². The summed E-state index contributed by atoms with van der Waals surface area (Å²) in [7, 11) is -4.70. The molecule has 0 aliphatic carbocycles. The van der Waals surface area contributed by atoms with E-state index in [0.717, 1.165) is 12.5 Å². The lowest BCUT2D eigenvalue weighted by atomic mass is 10.3. The van der Waals surface area contributed by atoms with Crippen molar-refractivity contribution in [1.29, 1.82) is 0 Å². The first kappa shape index (κ1) is 23.9. The molecule has 0 atom stereocenters. The second kappa shape index (κ2) is 10.8. The second-order valence-electron chi connectivity index (χ2n) is 5.43. The predicted molar refractivity (Wildman–Crippen MR) is 94.7 cm³/mol. The average Bonchev–Trinajstić information content (AvgIpc) is 2.47. The lowest BCUT2D eigenvalue weighted by Gasteiger charge is -2.26. The molecule has 12 heteroatoms. The SMILES string of the molecule is CO[Si](CCCN(CCCCNS(C)(=O)=O)S(C)(=O)=O)(OC)OC. The number of hydrogen-bond donors (Lipinski definition) is 1. The van der Waals surface area contributed by atoms with Crippen LogP contribution in [0.1, 0.15) is 19.3 Å². The van der Waals surface area contributed by atoms with Gasteiger partial charge in [-0.15, -0.1) is 0 Å². The van der Waals surface area contributed by atoms with E-state index < -0.39 is 28.9 Å². The fraction of sp³-hybridized carbons (Fsp3) is 1.00. The molecule has 0 aromatic carbocycles. The van der Waals surface area contributed by atoms with Crippen molar-refractivity contribution in [2.45, 2.75) is 25.3 Å². The summed E-state index contributed by atoms with van der Waals surface area (Å²) in [6.45, 7) is 0.971. The van der Waals surface area contributed by atoms with Crippen molar-refractivity contribution in [3.63, 3.8) is 0 Å². The summed E-state index contributed by atoms with van der Waals surface area (Å²) in [6.07, 6.45) is 3.93. The molecule has 9 nitrogen and oxygen atoms in total. The predicted octanol–water partition coefficient (Wildman–Crippen LogP) is -0.154. The Hall–Kier alpha value is -0.0831. The van der Waals surface area contributed by atoms with Gasteiger partial charge >= 0.3 is 8.80 Å². The van der Waals surface area contributed by atoms with Crippen molar-refractivity contribution in [2.75, 3.05) is 53.5 Å². The maximum absolute atomic E-state index is 11.9. The molecule has 0 spiro atoms. The van der Waals surface area contributed by atoms with Crippen LogP contribution in [0.25, 0.3) is 0 Å². The molecule has 0 saturated carbocycles. The van der Waals surface area contributed by atoms with Gasteiger partial charge in [0.25, 0.3) is 0 Å². The molecular formula is C12H30N2O7S2Si. The zero-order valence-corrected chi connectivity index (χ0v) is 17.7. The standard InChI is InChI=1S/C12H30N2O7S2Si/c1-19-24(20-2,21-3)12-8-11-14(23(5,17)18)10-7-6-9-13-22(4,15)16/h13H,6-12H2,1-5H3. The lowest BCUT2D eigenvalue weighted by Crippen LogP contribution is -2.43. The number of sulfonamides is 2. The van der Waals surface area contributed by atoms with Crippen molar-refractivity contribution in [1.82, 2.24) is 9.03 Å². The van der Waals surface area contributed by atoms with Gasteiger partial charge in [0.2, 0.25) is 20.0 Å². The van der Waals surface area contributed by atoms with E-state index in [1.807, 2.05) is 0 Å². The zero-order chi connectivity index (χ0) is 18.9. The second-order valence-corrected chi connectivity index (χ2v) is 12.3. The van der Waals surface area contributed by atoms with E-state index in [2.05, 4.69) is 4.72 Å². The number of nitrogens with zero attached hydrogens (tertiary/aromatic N) is 1. The van der Waals surface area contributed by atoms with Gasteiger partial charge in [-0.3, -0.25) is 0 Å². The smallest absolute Gasteiger partial charge is 0.377 e. The van der Waals surface area contributed by atoms with Crippen LogP contribution in [0.5, 0.6) is 0 Å². The summed E-state index contributed by atoms with van der Waals surface area (Å²) in [4.78, 5) is 0. The summed E-state index contributed by atoms with van der Waals surface area (Å²) in [5, 5.41) is 0. The van der Waals surface area contributed by atoms with Gasteiger partial charge in [0.1, 0.15) is 0 Å². The summed E-state index contributed by atoms with van der Waals surface area (Å²) in [5.41, 5.74) is 0. The zero-order valence-electron chi connectivity index (χ0n) is 15.1. The van der Waals surface area contributed by atoms with Crippen LogP contribution < -0.4 is 4.72 Å². The minimum Gasteiger partial charge on any atom is -0.377 e. The third-order valence-electron chi connectivity index (χ3n) is 3.49. The Balaban J connectivity index is 4.40. The molecule has 1 N–H and O–H groups in total. The monoisotopic (exact) mass is 406 g/mol. The molecule has 0 aliphatic heterocycles. The van der Waals surface area contributed by atoms with Crippen molar-refractivity contribution < 1.29 is 30.1 Å². The summed E-state index contributed by atoms with van der Waals surface area (Å²) >= 11 is 0. The molecule has 0 fully saturated rings. The Morgan fingerprint density at radius 2 is 1.38 bits per heavy atom. The first-order valence-electron chi connectivity index (χ1n) is 7.55. The van der Waals surface area contributed by atoms with Crippen LogP contribution in [0.4, 0.5) is 0 Å². The van der Waals surface area contributed by atoms with E-state index >= 15 is 0 Å². The van der Waals surface area contributed by atoms with Gasteiger partial charge in [0.05, 0.1) is 12.5 Å². The molecule has 24 heavy (non-hydrogen) atoms. The quantitative estimate of drug-likeness (QED) is 0.315. The number of unbranched alkanes of at least 4 members (excludes halogenated alkanes) is 1. The molecule has 0 aromatic heterocycles. The molecule has 0 aromatic rings. The van der Waals surface area contributed by atoms with E-state index in [1.165, 1.54) is 25.6 Å². The molecule has 0 rings (SSSR count). The van der Waals surface area contributed by atoms with Crippen molar-refractivity contribution in [3.8, 4) is 0 Å². The minimum atomic E-state index is -3.33. The first-order valence-corrected chi connectivity index (χ1v) is 13.2. The first-order chi connectivity index (χ1) is 11.0. The van der Waals surface area contributed by atoms with Gasteiger partial charge in [-0.25, -0.2) is 25.9 Å². The highest BCUT2D eigenvalue weighted by molar-refractivity contribution is 7.88. The van der Waals surface area contributed by atoms with Gasteiger partial charge in [-0.1, -0.05) is 0 Å². The Kier molecular flexibility index (Phi) is 10.8. The number of nitrogens with one attached hydrogen (secondary N) is 1. The number of hydrogen-bond acceptors (Lipinski definition) is 7. The van der Waals surface area contributed by atoms with Gasteiger partial charge in [-0.2, -0.15) is 0 Å². The van der Waals surface area contributed by atoms with Crippen LogP contribution in [-0.4, -0.2) is 83.4 Å². The molecule has 0 aliphatic rings. The molecular weight excluding hydrogens is 376 g/mol. The third kappa shape index (κ3) is 10.0. The number of rotatable bonds is 14. The molecule has 0 heterocycles. The summed E-state index contributed by atoms with van der Waals surface area (Å²) in [5.74, 6) is 0. The van der Waals surface area contributed by atoms with Gasteiger partial charge in [-0.05, 0) is 19.3 Å². The van der Waals surface area contributed by atoms with Crippen molar-refractivity contribution in [2.24, 2.45) is 0 Å².